The van der Waals surface area contributed by atoms with Gasteiger partial charge in [0.25, 0.3) is 0 Å². The third kappa shape index (κ3) is 1.78. The molecule has 0 bridgehead atoms. The predicted molar refractivity (Wildman–Crippen MR) is 40.8 cm³/mol. The molecule has 2 nitrogen and oxygen atoms in total. The molecule has 0 atom stereocenters. The highest BCUT2D eigenvalue weighted by Gasteiger charge is 1.87. The molecule has 0 amide bonds. The van der Waals surface area contributed by atoms with Crippen molar-refractivity contribution in [2.75, 3.05) is 5.88 Å². The van der Waals surface area contributed by atoms with Gasteiger partial charge in [-0.3, -0.25) is 4.68 Å². The highest BCUT2D eigenvalue weighted by atomic mass is 35.5. The van der Waals surface area contributed by atoms with Crippen LogP contribution in [0.2, 0.25) is 0 Å². The van der Waals surface area contributed by atoms with E-state index in [-0.39, 0.29) is 0 Å². The van der Waals surface area contributed by atoms with E-state index in [9.17, 15) is 0 Å². The standard InChI is InChI=1S/C7H7ClN2/c1-10-6-4-7(9-10)3-2-5-8/h4,6H,5H2,1H3. The number of hydrogen-bond acceptors (Lipinski definition) is 1. The summed E-state index contributed by atoms with van der Waals surface area (Å²) in [5, 5.41) is 4.03. The second-order valence-corrected chi connectivity index (χ2v) is 2.08. The van der Waals surface area contributed by atoms with Crippen molar-refractivity contribution in [3.8, 4) is 11.8 Å². The van der Waals surface area contributed by atoms with Crippen LogP contribution in [0.15, 0.2) is 12.3 Å². The van der Waals surface area contributed by atoms with Gasteiger partial charge in [0.1, 0.15) is 5.69 Å². The molecule has 0 aliphatic heterocycles. The van der Waals surface area contributed by atoms with Gasteiger partial charge in [0.15, 0.2) is 0 Å². The molecular weight excluding hydrogens is 148 g/mol. The Morgan fingerprint density at radius 2 is 2.60 bits per heavy atom. The first kappa shape index (κ1) is 7.17. The van der Waals surface area contributed by atoms with Crippen LogP contribution in [0, 0.1) is 11.8 Å². The maximum absolute atomic E-state index is 5.35. The maximum Gasteiger partial charge on any atom is 0.135 e. The molecule has 0 fully saturated rings. The fraction of sp³-hybridized carbons (Fsp3) is 0.286. The van der Waals surface area contributed by atoms with Crippen LogP contribution in [0.5, 0.6) is 0 Å². The highest BCUT2D eigenvalue weighted by Crippen LogP contribution is 1.89. The summed E-state index contributed by atoms with van der Waals surface area (Å²) < 4.78 is 1.71. The number of halogens is 1. The molecule has 10 heavy (non-hydrogen) atoms. The minimum atomic E-state index is 0.358. The number of rotatable bonds is 0. The molecule has 1 aromatic heterocycles. The van der Waals surface area contributed by atoms with E-state index >= 15 is 0 Å². The fourth-order valence-electron chi connectivity index (χ4n) is 0.606. The topological polar surface area (TPSA) is 17.8 Å². The molecule has 52 valence electrons. The lowest BCUT2D eigenvalue weighted by atomic mass is 10.4. The van der Waals surface area contributed by atoms with Gasteiger partial charge in [-0.2, -0.15) is 5.10 Å². The van der Waals surface area contributed by atoms with Gasteiger partial charge in [0, 0.05) is 13.2 Å². The molecule has 0 aliphatic carbocycles. The second kappa shape index (κ2) is 3.28. The van der Waals surface area contributed by atoms with Gasteiger partial charge < -0.3 is 0 Å². The molecule has 0 saturated carbocycles. The zero-order valence-electron chi connectivity index (χ0n) is 5.63. The molecule has 0 unspecified atom stereocenters. The van der Waals surface area contributed by atoms with Crippen LogP contribution in [0.25, 0.3) is 0 Å². The molecule has 0 aliphatic rings. The summed E-state index contributed by atoms with van der Waals surface area (Å²) in [7, 11) is 1.85. The van der Waals surface area contributed by atoms with E-state index in [4.69, 9.17) is 11.6 Å². The number of alkyl halides is 1. The second-order valence-electron chi connectivity index (χ2n) is 1.81. The van der Waals surface area contributed by atoms with Gasteiger partial charge in [0.2, 0.25) is 0 Å². The number of nitrogens with zero attached hydrogens (tertiary/aromatic N) is 2. The summed E-state index contributed by atoms with van der Waals surface area (Å²) in [6, 6.07) is 1.85. The lowest BCUT2D eigenvalue weighted by Gasteiger charge is -1.80. The van der Waals surface area contributed by atoms with Gasteiger partial charge in [-0.05, 0) is 12.0 Å². The summed E-state index contributed by atoms with van der Waals surface area (Å²) in [6.07, 6.45) is 1.85. The van der Waals surface area contributed by atoms with Crippen molar-refractivity contribution in [2.24, 2.45) is 7.05 Å². The maximum atomic E-state index is 5.35. The Bertz CT molecular complexity index is 267. The molecule has 0 radical (unpaired) electrons. The first-order valence-corrected chi connectivity index (χ1v) is 3.41. The van der Waals surface area contributed by atoms with E-state index in [1.807, 2.05) is 19.3 Å². The summed E-state index contributed by atoms with van der Waals surface area (Å²) >= 11 is 5.35. The van der Waals surface area contributed by atoms with Crippen molar-refractivity contribution in [1.29, 1.82) is 0 Å². The van der Waals surface area contributed by atoms with Gasteiger partial charge >= 0.3 is 0 Å². The van der Waals surface area contributed by atoms with Crippen LogP contribution in [0.1, 0.15) is 5.69 Å². The molecular formula is C7H7ClN2. The molecule has 0 spiro atoms. The normalized spacial score (nSPS) is 8.60. The van der Waals surface area contributed by atoms with Crippen molar-refractivity contribution < 1.29 is 0 Å². The van der Waals surface area contributed by atoms with Crippen LogP contribution >= 0.6 is 11.6 Å². The van der Waals surface area contributed by atoms with Crippen LogP contribution < -0.4 is 0 Å². The predicted octanol–water partition coefficient (Wildman–Crippen LogP) is 1.01. The molecule has 1 rings (SSSR count). The van der Waals surface area contributed by atoms with E-state index in [2.05, 4.69) is 16.9 Å². The molecule has 1 heterocycles. The van der Waals surface area contributed by atoms with Gasteiger partial charge in [0.05, 0.1) is 5.88 Å². The number of aromatic nitrogens is 2. The van der Waals surface area contributed by atoms with Crippen molar-refractivity contribution in [3.05, 3.63) is 18.0 Å². The van der Waals surface area contributed by atoms with Crippen LogP contribution in [-0.2, 0) is 7.05 Å². The monoisotopic (exact) mass is 154 g/mol. The average molecular weight is 155 g/mol. The number of aryl methyl sites for hydroxylation is 1. The van der Waals surface area contributed by atoms with E-state index in [1.54, 1.807) is 4.68 Å². The molecule has 1 aromatic rings. The van der Waals surface area contributed by atoms with Crippen LogP contribution in [-0.4, -0.2) is 15.7 Å². The lowest BCUT2D eigenvalue weighted by molar-refractivity contribution is 0.764. The van der Waals surface area contributed by atoms with Crippen molar-refractivity contribution in [1.82, 2.24) is 9.78 Å². The van der Waals surface area contributed by atoms with E-state index in [1.165, 1.54) is 0 Å². The van der Waals surface area contributed by atoms with E-state index in [0.29, 0.717) is 5.88 Å². The Balaban J connectivity index is 2.76. The minimum Gasteiger partial charge on any atom is -0.275 e. The third-order valence-electron chi connectivity index (χ3n) is 0.997. The molecule has 0 aromatic carbocycles. The van der Waals surface area contributed by atoms with Gasteiger partial charge in [-0.1, -0.05) is 5.92 Å². The van der Waals surface area contributed by atoms with Crippen molar-refractivity contribution in [2.45, 2.75) is 0 Å². The largest absolute Gasteiger partial charge is 0.275 e. The zero-order valence-corrected chi connectivity index (χ0v) is 6.39. The minimum absolute atomic E-state index is 0.358. The average Bonchev–Trinajstić information content (AvgIpc) is 2.31. The smallest absolute Gasteiger partial charge is 0.135 e. The highest BCUT2D eigenvalue weighted by molar-refractivity contribution is 6.19. The first-order chi connectivity index (χ1) is 4.83. The van der Waals surface area contributed by atoms with Crippen LogP contribution in [0.3, 0.4) is 0 Å². The number of hydrogen-bond donors (Lipinski definition) is 0. The van der Waals surface area contributed by atoms with Crippen molar-refractivity contribution in [3.63, 3.8) is 0 Å². The Morgan fingerprint density at radius 1 is 1.80 bits per heavy atom. The quantitative estimate of drug-likeness (QED) is 0.403. The fourth-order valence-corrected chi connectivity index (χ4v) is 0.673. The van der Waals surface area contributed by atoms with E-state index < -0.39 is 0 Å². The Labute approximate surface area is 64.8 Å². The lowest BCUT2D eigenvalue weighted by Crippen LogP contribution is -1.87. The summed E-state index contributed by atoms with van der Waals surface area (Å²) in [5.74, 6) is 5.88. The molecule has 0 N–H and O–H groups in total. The van der Waals surface area contributed by atoms with Crippen molar-refractivity contribution >= 4 is 11.6 Å². The molecule has 3 heteroatoms. The van der Waals surface area contributed by atoms with Gasteiger partial charge in [-0.15, -0.1) is 11.6 Å². The SMILES string of the molecule is Cn1ccc(C#CCCl)n1. The molecule has 0 saturated heterocycles. The summed E-state index contributed by atoms with van der Waals surface area (Å²) in [6.45, 7) is 0. The van der Waals surface area contributed by atoms with Gasteiger partial charge in [-0.25, -0.2) is 0 Å². The summed E-state index contributed by atoms with van der Waals surface area (Å²) in [5.41, 5.74) is 0.767. The van der Waals surface area contributed by atoms with E-state index in [0.717, 1.165) is 5.69 Å². The summed E-state index contributed by atoms with van der Waals surface area (Å²) in [4.78, 5) is 0. The Hall–Kier alpha value is -0.940. The Kier molecular flexibility index (Phi) is 2.35. The Morgan fingerprint density at radius 3 is 3.10 bits per heavy atom. The first-order valence-electron chi connectivity index (χ1n) is 2.87. The third-order valence-corrected chi connectivity index (χ3v) is 1.13. The van der Waals surface area contributed by atoms with Crippen LogP contribution in [0.4, 0.5) is 0 Å². The zero-order chi connectivity index (χ0) is 7.40.